The number of rotatable bonds is 12. The van der Waals surface area contributed by atoms with Gasteiger partial charge < -0.3 is 9.47 Å². The number of halogens is 8. The van der Waals surface area contributed by atoms with Crippen LogP contribution in [0.25, 0.3) is 0 Å². The first kappa shape index (κ1) is 24.1. The summed E-state index contributed by atoms with van der Waals surface area (Å²) in [6.07, 6.45) is -4.01. The zero-order valence-corrected chi connectivity index (χ0v) is 13.3. The molecule has 26 heavy (non-hydrogen) atoms. The molecule has 0 aromatic rings. The molecule has 0 N–H and O–H groups in total. The van der Waals surface area contributed by atoms with Crippen LogP contribution >= 0.6 is 0 Å². The zero-order valence-electron chi connectivity index (χ0n) is 13.3. The van der Waals surface area contributed by atoms with Crippen molar-refractivity contribution < 1.29 is 54.2 Å². The molecular formula is C14H16F8O4. The number of carbonyl (C=O) groups excluding carboxylic acids is 2. The normalized spacial score (nSPS) is 12.8. The van der Waals surface area contributed by atoms with E-state index in [2.05, 4.69) is 16.1 Å². The van der Waals surface area contributed by atoms with E-state index in [1.807, 2.05) is 0 Å². The highest BCUT2D eigenvalue weighted by Crippen LogP contribution is 2.48. The van der Waals surface area contributed by atoms with Gasteiger partial charge in [0.15, 0.2) is 6.61 Å². The average molecular weight is 400 g/mol. The van der Waals surface area contributed by atoms with Crippen molar-refractivity contribution in [3.05, 3.63) is 12.7 Å². The van der Waals surface area contributed by atoms with Gasteiger partial charge in [0.25, 0.3) is 0 Å². The first-order valence-corrected chi connectivity index (χ1v) is 7.13. The maximum atomic E-state index is 13.1. The molecule has 0 aromatic heterocycles. The molecule has 0 rings (SSSR count). The number of ether oxygens (including phenoxy) is 2. The number of unbranched alkanes of at least 4 members (excludes halogenated alkanes) is 1. The van der Waals surface area contributed by atoms with Crippen LogP contribution in [0.4, 0.5) is 35.1 Å². The number of alkyl halides is 8. The Hall–Kier alpha value is -1.88. The lowest BCUT2D eigenvalue weighted by Gasteiger charge is -2.31. The number of allylic oxidation sites excluding steroid dienone is 1. The Balaban J connectivity index is 4.48. The summed E-state index contributed by atoms with van der Waals surface area (Å²) in [6, 6.07) is 0. The van der Waals surface area contributed by atoms with Crippen LogP contribution in [-0.2, 0) is 19.1 Å². The number of hydrogen-bond acceptors (Lipinski definition) is 4. The largest absolute Gasteiger partial charge is 0.466 e. The Morgan fingerprint density at radius 2 is 1.46 bits per heavy atom. The zero-order chi connectivity index (χ0) is 20.6. The quantitative estimate of drug-likeness (QED) is 0.215. The second kappa shape index (κ2) is 9.72. The van der Waals surface area contributed by atoms with Crippen molar-refractivity contribution in [2.24, 2.45) is 0 Å². The van der Waals surface area contributed by atoms with Crippen LogP contribution in [0.2, 0.25) is 0 Å². The summed E-state index contributed by atoms with van der Waals surface area (Å²) in [5.41, 5.74) is 0. The third-order valence-corrected chi connectivity index (χ3v) is 2.92. The minimum absolute atomic E-state index is 0.00704. The number of hydrogen-bond donors (Lipinski definition) is 0. The van der Waals surface area contributed by atoms with Crippen LogP contribution in [0.3, 0.4) is 0 Å². The summed E-state index contributed by atoms with van der Waals surface area (Å²) in [5, 5.41) is 0. The topological polar surface area (TPSA) is 52.6 Å². The molecule has 0 unspecified atom stereocenters. The molecule has 0 saturated heterocycles. The monoisotopic (exact) mass is 400 g/mol. The molecule has 0 amide bonds. The molecule has 0 atom stereocenters. The maximum Gasteiger partial charge on any atom is 0.381 e. The molecule has 0 aliphatic heterocycles. The first-order chi connectivity index (χ1) is 11.8. The maximum absolute atomic E-state index is 13.1. The summed E-state index contributed by atoms with van der Waals surface area (Å²) >= 11 is 0. The van der Waals surface area contributed by atoms with Crippen LogP contribution < -0.4 is 0 Å². The SMILES string of the molecule is C=CCCCOC(=O)CCC(=O)OCC(F)(F)C(F)(F)C(F)(F)C(F)F. The molecular weight excluding hydrogens is 384 g/mol. The van der Waals surface area contributed by atoms with Crippen molar-refractivity contribution in [3.8, 4) is 0 Å². The van der Waals surface area contributed by atoms with E-state index in [4.69, 9.17) is 0 Å². The fourth-order valence-electron chi connectivity index (χ4n) is 1.40. The van der Waals surface area contributed by atoms with Gasteiger partial charge >= 0.3 is 36.1 Å². The Labute approximate surface area is 143 Å². The fourth-order valence-corrected chi connectivity index (χ4v) is 1.40. The molecule has 0 aliphatic rings. The third-order valence-electron chi connectivity index (χ3n) is 2.92. The highest BCUT2D eigenvalue weighted by molar-refractivity contribution is 5.77. The highest BCUT2D eigenvalue weighted by atomic mass is 19.4. The van der Waals surface area contributed by atoms with Gasteiger partial charge in [0.05, 0.1) is 19.4 Å². The molecule has 12 heteroatoms. The van der Waals surface area contributed by atoms with Crippen molar-refractivity contribution >= 4 is 11.9 Å². The van der Waals surface area contributed by atoms with E-state index in [0.29, 0.717) is 12.8 Å². The van der Waals surface area contributed by atoms with Gasteiger partial charge in [-0.15, -0.1) is 6.58 Å². The summed E-state index contributed by atoms with van der Waals surface area (Å²) in [6.45, 7) is 0.847. The minimum Gasteiger partial charge on any atom is -0.466 e. The first-order valence-electron chi connectivity index (χ1n) is 7.13. The van der Waals surface area contributed by atoms with E-state index in [1.165, 1.54) is 0 Å². The van der Waals surface area contributed by atoms with Gasteiger partial charge in [-0.05, 0) is 12.8 Å². The molecule has 0 fully saturated rings. The number of carbonyl (C=O) groups is 2. The predicted octanol–water partition coefficient (Wildman–Crippen LogP) is 3.99. The van der Waals surface area contributed by atoms with Crippen LogP contribution in [0.1, 0.15) is 25.7 Å². The summed E-state index contributed by atoms with van der Waals surface area (Å²) < 4.78 is 109. The van der Waals surface area contributed by atoms with Crippen molar-refractivity contribution in [3.63, 3.8) is 0 Å². The third kappa shape index (κ3) is 6.45. The van der Waals surface area contributed by atoms with Crippen molar-refractivity contribution in [1.29, 1.82) is 0 Å². The summed E-state index contributed by atoms with van der Waals surface area (Å²) in [4.78, 5) is 22.3. The standard InChI is InChI=1S/C14H16F8O4/c1-2-3-4-7-25-9(23)5-6-10(24)26-8-12(17,18)14(21,22)13(19,20)11(15)16/h2,11H,1,3-8H2. The van der Waals surface area contributed by atoms with E-state index in [9.17, 15) is 44.7 Å². The van der Waals surface area contributed by atoms with E-state index in [0.717, 1.165) is 0 Å². The Morgan fingerprint density at radius 1 is 0.962 bits per heavy atom. The molecule has 0 bridgehead atoms. The molecule has 0 heterocycles. The van der Waals surface area contributed by atoms with Gasteiger partial charge in [-0.2, -0.15) is 26.3 Å². The van der Waals surface area contributed by atoms with Gasteiger partial charge in [-0.25, -0.2) is 8.78 Å². The Kier molecular flexibility index (Phi) is 9.01. The van der Waals surface area contributed by atoms with Gasteiger partial charge in [0.2, 0.25) is 0 Å². The molecule has 0 aromatic carbocycles. The summed E-state index contributed by atoms with van der Waals surface area (Å²) in [5.74, 6) is -21.1. The molecule has 0 radical (unpaired) electrons. The molecule has 0 spiro atoms. The number of esters is 2. The van der Waals surface area contributed by atoms with E-state index < -0.39 is 55.6 Å². The van der Waals surface area contributed by atoms with Gasteiger partial charge in [0.1, 0.15) is 0 Å². The van der Waals surface area contributed by atoms with Crippen LogP contribution in [0.15, 0.2) is 12.7 Å². The lowest BCUT2D eigenvalue weighted by Crippen LogP contribution is -2.59. The van der Waals surface area contributed by atoms with Crippen LogP contribution in [-0.4, -0.2) is 49.3 Å². The second-order valence-corrected chi connectivity index (χ2v) is 5.01. The molecule has 0 saturated carbocycles. The lowest BCUT2D eigenvalue weighted by molar-refractivity contribution is -0.344. The van der Waals surface area contributed by atoms with Crippen molar-refractivity contribution in [1.82, 2.24) is 0 Å². The lowest BCUT2D eigenvalue weighted by atomic mass is 10.1. The summed E-state index contributed by atoms with van der Waals surface area (Å²) in [7, 11) is 0. The van der Waals surface area contributed by atoms with E-state index in [1.54, 1.807) is 6.08 Å². The molecule has 152 valence electrons. The van der Waals surface area contributed by atoms with Gasteiger partial charge in [-0.3, -0.25) is 9.59 Å². The molecule has 0 aliphatic carbocycles. The Bertz CT molecular complexity index is 493. The van der Waals surface area contributed by atoms with Gasteiger partial charge in [0, 0.05) is 0 Å². The highest BCUT2D eigenvalue weighted by Gasteiger charge is 2.75. The molecule has 4 nitrogen and oxygen atoms in total. The van der Waals surface area contributed by atoms with E-state index in [-0.39, 0.29) is 6.61 Å². The predicted molar refractivity (Wildman–Crippen MR) is 71.4 cm³/mol. The van der Waals surface area contributed by atoms with Gasteiger partial charge in [-0.1, -0.05) is 6.08 Å². The van der Waals surface area contributed by atoms with Crippen LogP contribution in [0, 0.1) is 0 Å². The fraction of sp³-hybridized carbons (Fsp3) is 0.714. The average Bonchev–Trinajstić information content (AvgIpc) is 2.54. The van der Waals surface area contributed by atoms with E-state index >= 15 is 0 Å². The smallest absolute Gasteiger partial charge is 0.381 e. The van der Waals surface area contributed by atoms with Crippen molar-refractivity contribution in [2.75, 3.05) is 13.2 Å². The Morgan fingerprint density at radius 3 is 1.92 bits per heavy atom. The van der Waals surface area contributed by atoms with Crippen molar-refractivity contribution in [2.45, 2.75) is 49.9 Å². The minimum atomic E-state index is -6.46. The second-order valence-electron chi connectivity index (χ2n) is 5.01. The van der Waals surface area contributed by atoms with Crippen LogP contribution in [0.5, 0.6) is 0 Å².